The molecule has 1 aromatic rings. The Morgan fingerprint density at radius 3 is 2.86 bits per heavy atom. The second-order valence-electron chi connectivity index (χ2n) is 5.53. The van der Waals surface area contributed by atoms with Gasteiger partial charge in [0.15, 0.2) is 0 Å². The van der Waals surface area contributed by atoms with E-state index in [4.69, 9.17) is 0 Å². The number of nitrogens with zero attached hydrogens (tertiary/aromatic N) is 2. The number of carbonyl (C=O) groups is 2. The van der Waals surface area contributed by atoms with Crippen LogP contribution in [0.5, 0.6) is 0 Å². The Morgan fingerprint density at radius 2 is 2.29 bits per heavy atom. The summed E-state index contributed by atoms with van der Waals surface area (Å²) in [7, 11) is 0. The SMILES string of the molecule is Cc1ccccc1C(=O)N(C=O)CC1(C#N)CCCNC1. The van der Waals surface area contributed by atoms with Gasteiger partial charge in [0, 0.05) is 18.7 Å². The lowest BCUT2D eigenvalue weighted by molar-refractivity contribution is -0.116. The molecule has 1 heterocycles. The van der Waals surface area contributed by atoms with Crippen molar-refractivity contribution in [1.29, 1.82) is 5.26 Å². The molecule has 1 unspecified atom stereocenters. The summed E-state index contributed by atoms with van der Waals surface area (Å²) in [5, 5.41) is 12.6. The van der Waals surface area contributed by atoms with E-state index in [-0.39, 0.29) is 12.5 Å². The first kappa shape index (κ1) is 15.2. The molecule has 1 atom stereocenters. The number of hydrogen-bond acceptors (Lipinski definition) is 4. The predicted molar refractivity (Wildman–Crippen MR) is 78.4 cm³/mol. The number of imide groups is 1. The number of nitriles is 1. The molecule has 1 saturated heterocycles. The predicted octanol–water partition coefficient (Wildman–Crippen LogP) is 1.49. The van der Waals surface area contributed by atoms with Crippen LogP contribution in [0.15, 0.2) is 24.3 Å². The Balaban J connectivity index is 2.20. The average molecular weight is 285 g/mol. The largest absolute Gasteiger partial charge is 0.315 e. The highest BCUT2D eigenvalue weighted by Crippen LogP contribution is 2.27. The molecule has 0 radical (unpaired) electrons. The molecule has 1 aromatic carbocycles. The van der Waals surface area contributed by atoms with Crippen LogP contribution in [0.1, 0.15) is 28.8 Å². The van der Waals surface area contributed by atoms with Gasteiger partial charge in [-0.2, -0.15) is 5.26 Å². The van der Waals surface area contributed by atoms with Gasteiger partial charge < -0.3 is 5.32 Å². The molecule has 1 aliphatic rings. The first-order valence-corrected chi connectivity index (χ1v) is 7.06. The summed E-state index contributed by atoms with van der Waals surface area (Å²) in [4.78, 5) is 25.0. The van der Waals surface area contributed by atoms with Gasteiger partial charge >= 0.3 is 0 Å². The highest BCUT2D eigenvalue weighted by molar-refractivity contribution is 6.01. The maximum atomic E-state index is 12.5. The van der Waals surface area contributed by atoms with Crippen LogP contribution < -0.4 is 5.32 Å². The van der Waals surface area contributed by atoms with Crippen molar-refractivity contribution in [3.8, 4) is 6.07 Å². The molecule has 1 N–H and O–H groups in total. The number of hydrogen-bond donors (Lipinski definition) is 1. The average Bonchev–Trinajstić information content (AvgIpc) is 2.53. The monoisotopic (exact) mass is 285 g/mol. The Labute approximate surface area is 124 Å². The van der Waals surface area contributed by atoms with Crippen LogP contribution in [-0.2, 0) is 4.79 Å². The molecule has 21 heavy (non-hydrogen) atoms. The molecule has 1 aliphatic heterocycles. The lowest BCUT2D eigenvalue weighted by atomic mass is 9.81. The van der Waals surface area contributed by atoms with Crippen LogP contribution >= 0.6 is 0 Å². The van der Waals surface area contributed by atoms with Gasteiger partial charge in [0.2, 0.25) is 6.41 Å². The summed E-state index contributed by atoms with van der Waals surface area (Å²) in [5.41, 5.74) is 0.640. The van der Waals surface area contributed by atoms with Crippen molar-refractivity contribution in [2.75, 3.05) is 19.6 Å². The fourth-order valence-corrected chi connectivity index (χ4v) is 2.68. The minimum Gasteiger partial charge on any atom is -0.315 e. The number of amides is 2. The van der Waals surface area contributed by atoms with Gasteiger partial charge in [-0.3, -0.25) is 14.5 Å². The Kier molecular flexibility index (Phi) is 4.71. The molecule has 110 valence electrons. The van der Waals surface area contributed by atoms with Crippen molar-refractivity contribution in [2.45, 2.75) is 19.8 Å². The first-order chi connectivity index (χ1) is 10.1. The molecule has 1 fully saturated rings. The number of aryl methyl sites for hydroxylation is 1. The van der Waals surface area contributed by atoms with Gasteiger partial charge in [0.25, 0.3) is 5.91 Å². The number of nitrogens with one attached hydrogen (secondary N) is 1. The maximum absolute atomic E-state index is 12.5. The highest BCUT2D eigenvalue weighted by atomic mass is 16.2. The number of piperidine rings is 1. The van der Waals surface area contributed by atoms with E-state index in [1.165, 1.54) is 0 Å². The fraction of sp³-hybridized carbons (Fsp3) is 0.438. The Bertz CT molecular complexity index is 571. The summed E-state index contributed by atoms with van der Waals surface area (Å²) in [5.74, 6) is -0.344. The normalized spacial score (nSPS) is 21.3. The lowest BCUT2D eigenvalue weighted by Crippen LogP contribution is -2.48. The van der Waals surface area contributed by atoms with E-state index in [0.717, 1.165) is 23.4 Å². The van der Waals surface area contributed by atoms with Crippen LogP contribution in [-0.4, -0.2) is 36.9 Å². The van der Waals surface area contributed by atoms with Crippen molar-refractivity contribution in [3.05, 3.63) is 35.4 Å². The smallest absolute Gasteiger partial charge is 0.260 e. The maximum Gasteiger partial charge on any atom is 0.260 e. The van der Waals surface area contributed by atoms with Gasteiger partial charge in [0.1, 0.15) is 0 Å². The van der Waals surface area contributed by atoms with E-state index in [2.05, 4.69) is 11.4 Å². The Hall–Kier alpha value is -2.19. The topological polar surface area (TPSA) is 73.2 Å². The molecular formula is C16H19N3O2. The number of rotatable bonds is 4. The van der Waals surface area contributed by atoms with Gasteiger partial charge in [-0.1, -0.05) is 18.2 Å². The molecule has 0 aromatic heterocycles. The van der Waals surface area contributed by atoms with Crippen LogP contribution in [0.4, 0.5) is 0 Å². The Morgan fingerprint density at radius 1 is 1.52 bits per heavy atom. The van der Waals surface area contributed by atoms with Gasteiger partial charge in [-0.05, 0) is 37.9 Å². The van der Waals surface area contributed by atoms with Crippen LogP contribution in [0.2, 0.25) is 0 Å². The second-order valence-corrected chi connectivity index (χ2v) is 5.53. The molecule has 0 bridgehead atoms. The lowest BCUT2D eigenvalue weighted by Gasteiger charge is -2.34. The van der Waals surface area contributed by atoms with Gasteiger partial charge in [0.05, 0.1) is 11.5 Å². The summed E-state index contributed by atoms with van der Waals surface area (Å²) < 4.78 is 0. The molecular weight excluding hydrogens is 266 g/mol. The zero-order valence-corrected chi connectivity index (χ0v) is 12.1. The van der Waals surface area contributed by atoms with E-state index >= 15 is 0 Å². The van der Waals surface area contributed by atoms with Gasteiger partial charge in [-0.15, -0.1) is 0 Å². The minimum atomic E-state index is -0.683. The quantitative estimate of drug-likeness (QED) is 0.851. The van der Waals surface area contributed by atoms with Crippen LogP contribution in [0.25, 0.3) is 0 Å². The summed E-state index contributed by atoms with van der Waals surface area (Å²) in [6.07, 6.45) is 2.10. The van der Waals surface area contributed by atoms with E-state index in [1.54, 1.807) is 12.1 Å². The third kappa shape index (κ3) is 3.29. The van der Waals surface area contributed by atoms with E-state index < -0.39 is 5.41 Å². The molecule has 0 aliphatic carbocycles. The van der Waals surface area contributed by atoms with E-state index in [1.807, 2.05) is 19.1 Å². The molecule has 2 rings (SSSR count). The summed E-state index contributed by atoms with van der Waals surface area (Å²) in [6.45, 7) is 3.34. The first-order valence-electron chi connectivity index (χ1n) is 7.06. The van der Waals surface area contributed by atoms with E-state index in [0.29, 0.717) is 24.9 Å². The number of benzene rings is 1. The van der Waals surface area contributed by atoms with Gasteiger partial charge in [-0.25, -0.2) is 0 Å². The van der Waals surface area contributed by atoms with Crippen LogP contribution in [0, 0.1) is 23.7 Å². The van der Waals surface area contributed by atoms with Crippen molar-refractivity contribution in [1.82, 2.24) is 10.2 Å². The summed E-state index contributed by atoms with van der Waals surface area (Å²) in [6, 6.07) is 9.44. The summed E-state index contributed by atoms with van der Waals surface area (Å²) >= 11 is 0. The zero-order chi connectivity index (χ0) is 15.3. The minimum absolute atomic E-state index is 0.132. The molecule has 0 spiro atoms. The molecule has 0 saturated carbocycles. The van der Waals surface area contributed by atoms with Crippen molar-refractivity contribution in [2.24, 2.45) is 5.41 Å². The van der Waals surface area contributed by atoms with Crippen molar-refractivity contribution in [3.63, 3.8) is 0 Å². The zero-order valence-electron chi connectivity index (χ0n) is 12.1. The highest BCUT2D eigenvalue weighted by Gasteiger charge is 2.36. The third-order valence-corrected chi connectivity index (χ3v) is 3.95. The fourth-order valence-electron chi connectivity index (χ4n) is 2.68. The van der Waals surface area contributed by atoms with Crippen LogP contribution in [0.3, 0.4) is 0 Å². The van der Waals surface area contributed by atoms with Crippen molar-refractivity contribution < 1.29 is 9.59 Å². The standard InChI is InChI=1S/C16H19N3O2/c1-13-5-2-3-6-14(13)15(21)19(12-20)11-16(9-17)7-4-8-18-10-16/h2-3,5-6,12,18H,4,7-8,10-11H2,1H3. The molecule has 5 heteroatoms. The molecule has 5 nitrogen and oxygen atoms in total. The van der Waals surface area contributed by atoms with E-state index in [9.17, 15) is 14.9 Å². The third-order valence-electron chi connectivity index (χ3n) is 3.95. The number of carbonyl (C=O) groups excluding carboxylic acids is 2. The second kappa shape index (κ2) is 6.51. The molecule has 2 amide bonds. The van der Waals surface area contributed by atoms with Crippen molar-refractivity contribution >= 4 is 12.3 Å².